The second kappa shape index (κ2) is 5.58. The quantitative estimate of drug-likeness (QED) is 0.895. The van der Waals surface area contributed by atoms with Crippen LogP contribution in [0.5, 0.6) is 0 Å². The van der Waals surface area contributed by atoms with Crippen molar-refractivity contribution in [1.29, 1.82) is 5.26 Å². The number of hydrogen-bond acceptors (Lipinski definition) is 2. The van der Waals surface area contributed by atoms with Crippen LogP contribution in [0.2, 0.25) is 0 Å². The summed E-state index contributed by atoms with van der Waals surface area (Å²) in [6.07, 6.45) is 0.880. The van der Waals surface area contributed by atoms with E-state index in [0.29, 0.717) is 12.8 Å². The average molecular weight is 252 g/mol. The molecule has 0 aliphatic heterocycles. The Morgan fingerprint density at radius 3 is 2.39 bits per heavy atom. The lowest BCUT2D eigenvalue weighted by Crippen LogP contribution is -2.46. The van der Waals surface area contributed by atoms with E-state index < -0.39 is 23.1 Å². The van der Waals surface area contributed by atoms with Gasteiger partial charge in [0.05, 0.1) is 6.07 Å². The van der Waals surface area contributed by atoms with Gasteiger partial charge in [-0.2, -0.15) is 5.26 Å². The number of nitrogens with one attached hydrogen (secondary N) is 1. The first kappa shape index (κ1) is 14.1. The molecule has 0 radical (unpaired) electrons. The van der Waals surface area contributed by atoms with Gasteiger partial charge in [0.25, 0.3) is 5.91 Å². The predicted octanol–water partition coefficient (Wildman–Crippen LogP) is 2.78. The molecule has 0 fully saturated rings. The average Bonchev–Trinajstić information content (AvgIpc) is 2.39. The topological polar surface area (TPSA) is 52.9 Å². The van der Waals surface area contributed by atoms with Crippen molar-refractivity contribution >= 4 is 5.91 Å². The van der Waals surface area contributed by atoms with Crippen LogP contribution in [0.25, 0.3) is 0 Å². The van der Waals surface area contributed by atoms with Gasteiger partial charge in [0.1, 0.15) is 5.54 Å². The van der Waals surface area contributed by atoms with Crippen LogP contribution in [-0.2, 0) is 0 Å². The van der Waals surface area contributed by atoms with Crippen LogP contribution in [-0.4, -0.2) is 11.4 Å². The fraction of sp³-hybridized carbons (Fsp3) is 0.385. The van der Waals surface area contributed by atoms with E-state index in [2.05, 4.69) is 5.32 Å². The third-order valence-electron chi connectivity index (χ3n) is 2.96. The molecule has 0 bridgehead atoms. The van der Waals surface area contributed by atoms with Gasteiger partial charge in [-0.15, -0.1) is 0 Å². The molecule has 3 nitrogen and oxygen atoms in total. The van der Waals surface area contributed by atoms with E-state index >= 15 is 0 Å². The van der Waals surface area contributed by atoms with Gasteiger partial charge in [-0.05, 0) is 31.0 Å². The SMILES string of the molecule is CCC(C#N)(CC)NC(=O)c1ccc(F)c(F)c1. The normalized spacial score (nSPS) is 10.8. The monoisotopic (exact) mass is 252 g/mol. The molecule has 0 aromatic heterocycles. The molecule has 0 aliphatic rings. The highest BCUT2D eigenvalue weighted by Crippen LogP contribution is 2.16. The number of benzene rings is 1. The Hall–Kier alpha value is -1.96. The highest BCUT2D eigenvalue weighted by molar-refractivity contribution is 5.94. The van der Waals surface area contributed by atoms with Gasteiger partial charge in [0, 0.05) is 5.56 Å². The van der Waals surface area contributed by atoms with Crippen molar-refractivity contribution in [3.63, 3.8) is 0 Å². The Bertz CT molecular complexity index is 490. The maximum absolute atomic E-state index is 13.0. The molecule has 0 saturated carbocycles. The summed E-state index contributed by atoms with van der Waals surface area (Å²) in [7, 11) is 0. The molecule has 18 heavy (non-hydrogen) atoms. The van der Waals surface area contributed by atoms with E-state index in [4.69, 9.17) is 5.26 Å². The molecule has 1 aromatic carbocycles. The molecule has 0 unspecified atom stereocenters. The molecule has 0 spiro atoms. The Labute approximate surface area is 104 Å². The summed E-state index contributed by atoms with van der Waals surface area (Å²) in [5, 5.41) is 11.6. The van der Waals surface area contributed by atoms with Crippen molar-refractivity contribution in [3.8, 4) is 6.07 Å². The second-order valence-electron chi connectivity index (χ2n) is 3.98. The Balaban J connectivity index is 2.95. The molecule has 1 amide bonds. The first-order valence-electron chi connectivity index (χ1n) is 5.67. The van der Waals surface area contributed by atoms with E-state index in [1.807, 2.05) is 6.07 Å². The summed E-state index contributed by atoms with van der Waals surface area (Å²) in [6, 6.07) is 4.93. The Kier molecular flexibility index (Phi) is 4.38. The molecule has 0 saturated heterocycles. The molecule has 0 atom stereocenters. The van der Waals surface area contributed by atoms with Crippen molar-refractivity contribution in [2.24, 2.45) is 0 Å². The van der Waals surface area contributed by atoms with Crippen molar-refractivity contribution in [2.45, 2.75) is 32.2 Å². The van der Waals surface area contributed by atoms with Gasteiger partial charge < -0.3 is 5.32 Å². The van der Waals surface area contributed by atoms with Crippen LogP contribution >= 0.6 is 0 Å². The summed E-state index contributed by atoms with van der Waals surface area (Å²) in [6.45, 7) is 3.55. The summed E-state index contributed by atoms with van der Waals surface area (Å²) < 4.78 is 25.7. The van der Waals surface area contributed by atoms with Crippen molar-refractivity contribution in [3.05, 3.63) is 35.4 Å². The lowest BCUT2D eigenvalue weighted by molar-refractivity contribution is 0.0915. The van der Waals surface area contributed by atoms with E-state index in [1.54, 1.807) is 13.8 Å². The molecule has 0 heterocycles. The van der Waals surface area contributed by atoms with Crippen LogP contribution in [0, 0.1) is 23.0 Å². The predicted molar refractivity (Wildman–Crippen MR) is 62.8 cm³/mol. The van der Waals surface area contributed by atoms with Gasteiger partial charge in [0.2, 0.25) is 0 Å². The smallest absolute Gasteiger partial charge is 0.252 e. The molecule has 0 aliphatic carbocycles. The van der Waals surface area contributed by atoms with Crippen molar-refractivity contribution < 1.29 is 13.6 Å². The Morgan fingerprint density at radius 2 is 1.94 bits per heavy atom. The fourth-order valence-electron chi connectivity index (χ4n) is 1.54. The number of hydrogen-bond donors (Lipinski definition) is 1. The van der Waals surface area contributed by atoms with Gasteiger partial charge in [0.15, 0.2) is 11.6 Å². The maximum Gasteiger partial charge on any atom is 0.252 e. The Morgan fingerprint density at radius 1 is 1.33 bits per heavy atom. The third-order valence-corrected chi connectivity index (χ3v) is 2.96. The molecule has 1 N–H and O–H groups in total. The molecule has 1 rings (SSSR count). The van der Waals surface area contributed by atoms with Gasteiger partial charge in [-0.3, -0.25) is 4.79 Å². The van der Waals surface area contributed by atoms with Crippen LogP contribution in [0.4, 0.5) is 8.78 Å². The number of amides is 1. The number of carbonyl (C=O) groups is 1. The number of halogens is 2. The first-order chi connectivity index (χ1) is 8.48. The highest BCUT2D eigenvalue weighted by atomic mass is 19.2. The minimum Gasteiger partial charge on any atom is -0.334 e. The number of nitrogens with zero attached hydrogens (tertiary/aromatic N) is 1. The maximum atomic E-state index is 13.0. The van der Waals surface area contributed by atoms with E-state index in [9.17, 15) is 13.6 Å². The minimum atomic E-state index is -1.08. The summed E-state index contributed by atoms with van der Waals surface area (Å²) in [5.74, 6) is -2.68. The first-order valence-corrected chi connectivity index (χ1v) is 5.67. The fourth-order valence-corrected chi connectivity index (χ4v) is 1.54. The zero-order valence-corrected chi connectivity index (χ0v) is 10.3. The van der Waals surface area contributed by atoms with Crippen molar-refractivity contribution in [1.82, 2.24) is 5.32 Å². The van der Waals surface area contributed by atoms with Crippen LogP contribution in [0.3, 0.4) is 0 Å². The summed E-state index contributed by atoms with van der Waals surface area (Å²) in [4.78, 5) is 11.8. The lowest BCUT2D eigenvalue weighted by atomic mass is 9.94. The molecular weight excluding hydrogens is 238 g/mol. The number of nitriles is 1. The number of rotatable bonds is 4. The zero-order chi connectivity index (χ0) is 13.8. The van der Waals surface area contributed by atoms with Gasteiger partial charge in [-0.25, -0.2) is 8.78 Å². The van der Waals surface area contributed by atoms with E-state index in [-0.39, 0.29) is 5.56 Å². The largest absolute Gasteiger partial charge is 0.334 e. The summed E-state index contributed by atoms with van der Waals surface area (Å²) in [5.41, 5.74) is -0.975. The number of carbonyl (C=O) groups excluding carboxylic acids is 1. The van der Waals surface area contributed by atoms with Gasteiger partial charge >= 0.3 is 0 Å². The minimum absolute atomic E-state index is 0.00424. The zero-order valence-electron chi connectivity index (χ0n) is 10.3. The van der Waals surface area contributed by atoms with Crippen molar-refractivity contribution in [2.75, 3.05) is 0 Å². The second-order valence-corrected chi connectivity index (χ2v) is 3.98. The van der Waals surface area contributed by atoms with Crippen LogP contribution in [0.15, 0.2) is 18.2 Å². The van der Waals surface area contributed by atoms with Gasteiger partial charge in [-0.1, -0.05) is 13.8 Å². The molecule has 96 valence electrons. The molecule has 5 heteroatoms. The summed E-state index contributed by atoms with van der Waals surface area (Å²) >= 11 is 0. The lowest BCUT2D eigenvalue weighted by Gasteiger charge is -2.24. The highest BCUT2D eigenvalue weighted by Gasteiger charge is 2.28. The molecule has 1 aromatic rings. The van der Waals surface area contributed by atoms with E-state index in [0.717, 1.165) is 12.1 Å². The van der Waals surface area contributed by atoms with Crippen LogP contribution in [0.1, 0.15) is 37.0 Å². The standard InChI is InChI=1S/C13H14F2N2O/c1-3-13(4-2,8-16)17-12(18)9-5-6-10(14)11(15)7-9/h5-7H,3-4H2,1-2H3,(H,17,18). The third kappa shape index (κ3) is 2.83. The van der Waals surface area contributed by atoms with Crippen LogP contribution < -0.4 is 5.32 Å². The van der Waals surface area contributed by atoms with E-state index in [1.165, 1.54) is 6.07 Å². The molecular formula is C13H14F2N2O.